The second-order valence-electron chi connectivity index (χ2n) is 5.94. The van der Waals surface area contributed by atoms with Gasteiger partial charge in [0, 0.05) is 31.4 Å². The average molecular weight is 319 g/mol. The van der Waals surface area contributed by atoms with Crippen molar-refractivity contribution in [2.45, 2.75) is 18.5 Å². The van der Waals surface area contributed by atoms with Gasteiger partial charge >= 0.3 is 0 Å². The fraction of sp³-hybridized carbons (Fsp3) is 0.467. The molecule has 2 aliphatic heterocycles. The Kier molecular flexibility index (Phi) is 3.37. The summed E-state index contributed by atoms with van der Waals surface area (Å²) in [5.41, 5.74) is 1.94. The van der Waals surface area contributed by atoms with Crippen LogP contribution in [-0.4, -0.2) is 50.9 Å². The molecule has 0 radical (unpaired) electrons. The number of nitriles is 1. The van der Waals surface area contributed by atoms with Gasteiger partial charge in [-0.3, -0.25) is 4.79 Å². The summed E-state index contributed by atoms with van der Waals surface area (Å²) in [5, 5.41) is 9.51. The minimum atomic E-state index is -3.12. The van der Waals surface area contributed by atoms with Gasteiger partial charge in [-0.25, -0.2) is 8.42 Å². The molecule has 0 N–H and O–H groups in total. The van der Waals surface area contributed by atoms with Crippen LogP contribution in [0.25, 0.3) is 0 Å². The molecule has 7 heteroatoms. The SMILES string of the molecule is CN(C)c1cccc2c1C(=O)N(C1CCS(=O)(=O)C1)C2C#N. The maximum Gasteiger partial charge on any atom is 0.257 e. The van der Waals surface area contributed by atoms with Gasteiger partial charge in [0.15, 0.2) is 9.84 Å². The van der Waals surface area contributed by atoms with E-state index in [2.05, 4.69) is 6.07 Å². The Morgan fingerprint density at radius 2 is 2.09 bits per heavy atom. The summed E-state index contributed by atoms with van der Waals surface area (Å²) in [6.45, 7) is 0. The number of rotatable bonds is 2. The molecule has 1 amide bonds. The van der Waals surface area contributed by atoms with Crippen molar-refractivity contribution in [2.24, 2.45) is 0 Å². The summed E-state index contributed by atoms with van der Waals surface area (Å²) in [6, 6.07) is 6.47. The maximum absolute atomic E-state index is 12.8. The van der Waals surface area contributed by atoms with Crippen LogP contribution in [0.5, 0.6) is 0 Å². The van der Waals surface area contributed by atoms with Crippen LogP contribution in [-0.2, 0) is 9.84 Å². The molecule has 0 spiro atoms. The van der Waals surface area contributed by atoms with Crippen molar-refractivity contribution in [3.63, 3.8) is 0 Å². The van der Waals surface area contributed by atoms with E-state index in [9.17, 15) is 18.5 Å². The number of fused-ring (bicyclic) bond motifs is 1. The Morgan fingerprint density at radius 1 is 1.36 bits per heavy atom. The summed E-state index contributed by atoms with van der Waals surface area (Å²) in [4.78, 5) is 16.1. The van der Waals surface area contributed by atoms with Crippen LogP contribution in [0.2, 0.25) is 0 Å². The number of benzene rings is 1. The Hall–Kier alpha value is -2.07. The molecule has 1 aromatic rings. The van der Waals surface area contributed by atoms with Gasteiger partial charge in [0.2, 0.25) is 0 Å². The molecule has 22 heavy (non-hydrogen) atoms. The third kappa shape index (κ3) is 2.15. The lowest BCUT2D eigenvalue weighted by Gasteiger charge is -2.26. The predicted octanol–water partition coefficient (Wildman–Crippen LogP) is 0.960. The average Bonchev–Trinajstić information content (AvgIpc) is 2.96. The zero-order valence-electron chi connectivity index (χ0n) is 12.5. The number of carbonyl (C=O) groups is 1. The number of carbonyl (C=O) groups excluding carboxylic acids is 1. The fourth-order valence-electron chi connectivity index (χ4n) is 3.29. The number of hydrogen-bond acceptors (Lipinski definition) is 5. The Bertz CT molecular complexity index is 780. The van der Waals surface area contributed by atoms with Crippen molar-refractivity contribution in [3.8, 4) is 6.07 Å². The van der Waals surface area contributed by atoms with Crippen molar-refractivity contribution in [2.75, 3.05) is 30.5 Å². The normalized spacial score (nSPS) is 25.9. The van der Waals surface area contributed by atoms with E-state index >= 15 is 0 Å². The first-order chi connectivity index (χ1) is 10.4. The van der Waals surface area contributed by atoms with Crippen molar-refractivity contribution >= 4 is 21.4 Å². The molecule has 1 saturated heterocycles. The summed E-state index contributed by atoms with van der Waals surface area (Å²) in [7, 11) is 0.565. The number of sulfone groups is 1. The topological polar surface area (TPSA) is 81.5 Å². The van der Waals surface area contributed by atoms with Crippen LogP contribution in [0.3, 0.4) is 0 Å². The van der Waals surface area contributed by atoms with Gasteiger partial charge in [0.05, 0.1) is 23.1 Å². The van der Waals surface area contributed by atoms with Gasteiger partial charge in [-0.15, -0.1) is 0 Å². The first-order valence-electron chi connectivity index (χ1n) is 7.08. The zero-order valence-corrected chi connectivity index (χ0v) is 13.3. The van der Waals surface area contributed by atoms with Crippen molar-refractivity contribution in [1.29, 1.82) is 5.26 Å². The van der Waals surface area contributed by atoms with Gasteiger partial charge in [-0.2, -0.15) is 5.26 Å². The summed E-state index contributed by atoms with van der Waals surface area (Å²) >= 11 is 0. The van der Waals surface area contributed by atoms with E-state index in [0.717, 1.165) is 5.69 Å². The minimum absolute atomic E-state index is 0.0534. The maximum atomic E-state index is 12.8. The molecule has 0 bridgehead atoms. The molecule has 1 fully saturated rings. The van der Waals surface area contributed by atoms with E-state index in [1.165, 1.54) is 4.90 Å². The second-order valence-corrected chi connectivity index (χ2v) is 8.17. The molecule has 0 aromatic heterocycles. The smallest absolute Gasteiger partial charge is 0.257 e. The number of anilines is 1. The van der Waals surface area contributed by atoms with Crippen molar-refractivity contribution in [1.82, 2.24) is 4.90 Å². The molecular weight excluding hydrogens is 302 g/mol. The van der Waals surface area contributed by atoms with E-state index in [1.54, 1.807) is 6.07 Å². The van der Waals surface area contributed by atoms with Crippen LogP contribution in [0.1, 0.15) is 28.4 Å². The van der Waals surface area contributed by atoms with Crippen LogP contribution >= 0.6 is 0 Å². The molecule has 2 atom stereocenters. The molecular formula is C15H17N3O3S. The molecule has 2 unspecified atom stereocenters. The number of hydrogen-bond donors (Lipinski definition) is 0. The van der Waals surface area contributed by atoms with E-state index in [-0.39, 0.29) is 17.4 Å². The molecule has 116 valence electrons. The highest BCUT2D eigenvalue weighted by atomic mass is 32.2. The summed E-state index contributed by atoms with van der Waals surface area (Å²) < 4.78 is 23.4. The molecule has 0 aliphatic carbocycles. The van der Waals surface area contributed by atoms with Gasteiger partial charge in [0.25, 0.3) is 5.91 Å². The molecule has 6 nitrogen and oxygen atoms in total. The molecule has 2 heterocycles. The van der Waals surface area contributed by atoms with Crippen LogP contribution in [0, 0.1) is 11.3 Å². The summed E-state index contributed by atoms with van der Waals surface area (Å²) in [6.07, 6.45) is 0.400. The Morgan fingerprint density at radius 3 is 2.64 bits per heavy atom. The molecule has 3 rings (SSSR count). The van der Waals surface area contributed by atoms with E-state index < -0.39 is 21.9 Å². The van der Waals surface area contributed by atoms with Crippen LogP contribution in [0.15, 0.2) is 18.2 Å². The highest BCUT2D eigenvalue weighted by molar-refractivity contribution is 7.91. The van der Waals surface area contributed by atoms with E-state index in [0.29, 0.717) is 17.5 Å². The highest BCUT2D eigenvalue weighted by Crippen LogP contribution is 2.41. The zero-order chi connectivity index (χ0) is 16.1. The lowest BCUT2D eigenvalue weighted by Crippen LogP contribution is -2.38. The quantitative estimate of drug-likeness (QED) is 0.811. The van der Waals surface area contributed by atoms with Gasteiger partial charge in [-0.05, 0) is 12.5 Å². The fourth-order valence-corrected chi connectivity index (χ4v) is 5.00. The van der Waals surface area contributed by atoms with Crippen molar-refractivity contribution < 1.29 is 13.2 Å². The van der Waals surface area contributed by atoms with Crippen LogP contribution in [0.4, 0.5) is 5.69 Å². The first kappa shape index (κ1) is 14.9. The van der Waals surface area contributed by atoms with E-state index in [1.807, 2.05) is 31.1 Å². The summed E-state index contributed by atoms with van der Waals surface area (Å²) in [5.74, 6) is -0.216. The predicted molar refractivity (Wildman–Crippen MR) is 82.4 cm³/mol. The monoisotopic (exact) mass is 319 g/mol. The van der Waals surface area contributed by atoms with Gasteiger partial charge < -0.3 is 9.80 Å². The lowest BCUT2D eigenvalue weighted by molar-refractivity contribution is 0.0695. The van der Waals surface area contributed by atoms with Crippen LogP contribution < -0.4 is 4.90 Å². The minimum Gasteiger partial charge on any atom is -0.377 e. The standard InChI is InChI=1S/C15H17N3O3S/c1-17(2)12-5-3-4-11-13(8-16)18(15(19)14(11)12)10-6-7-22(20,21)9-10/h3-5,10,13H,6-7,9H2,1-2H3. The largest absolute Gasteiger partial charge is 0.377 e. The molecule has 2 aliphatic rings. The lowest BCUT2D eigenvalue weighted by atomic mass is 10.0. The second kappa shape index (κ2) is 4.99. The third-order valence-corrected chi connectivity index (χ3v) is 6.05. The molecule has 0 saturated carbocycles. The highest BCUT2D eigenvalue weighted by Gasteiger charge is 2.45. The first-order valence-corrected chi connectivity index (χ1v) is 8.91. The number of nitrogens with zero attached hydrogens (tertiary/aromatic N) is 3. The Balaban J connectivity index is 2.07. The van der Waals surface area contributed by atoms with Gasteiger partial charge in [-0.1, -0.05) is 12.1 Å². The van der Waals surface area contributed by atoms with Gasteiger partial charge in [0.1, 0.15) is 6.04 Å². The van der Waals surface area contributed by atoms with E-state index in [4.69, 9.17) is 0 Å². The molecule has 1 aromatic carbocycles. The Labute approximate surface area is 129 Å². The van der Waals surface area contributed by atoms with Crippen molar-refractivity contribution in [3.05, 3.63) is 29.3 Å². The third-order valence-electron chi connectivity index (χ3n) is 4.30. The number of amides is 1.